The molecule has 0 bridgehead atoms. The minimum atomic E-state index is -0.125. The number of hydrogen-bond donors (Lipinski definition) is 3. The number of carbonyl (C=O) groups excluding carboxylic acids is 1. The molecule has 5 heterocycles. The van der Waals surface area contributed by atoms with Crippen LogP contribution in [0, 0.1) is 5.92 Å². The third kappa shape index (κ3) is 4.60. The molecule has 0 unspecified atom stereocenters. The molecular formula is C25H22ClN7OS. The van der Waals surface area contributed by atoms with Gasteiger partial charge in [-0.05, 0) is 37.3 Å². The molecule has 0 aliphatic rings. The molecule has 5 rings (SSSR count). The van der Waals surface area contributed by atoms with Gasteiger partial charge in [0.25, 0.3) is 0 Å². The summed E-state index contributed by atoms with van der Waals surface area (Å²) in [4.78, 5) is 30.2. The summed E-state index contributed by atoms with van der Waals surface area (Å²) in [5, 5.41) is 10.4. The number of aromatic nitrogens is 6. The Bertz CT molecular complexity index is 1560. The van der Waals surface area contributed by atoms with Gasteiger partial charge >= 0.3 is 0 Å². The molecule has 0 atom stereocenters. The van der Waals surface area contributed by atoms with Crippen molar-refractivity contribution in [2.75, 3.05) is 5.32 Å². The van der Waals surface area contributed by atoms with E-state index in [2.05, 4.69) is 30.5 Å². The number of aromatic amines is 2. The Labute approximate surface area is 210 Å². The molecule has 0 radical (unpaired) electrons. The minimum absolute atomic E-state index is 0.0663. The van der Waals surface area contributed by atoms with Crippen LogP contribution in [-0.4, -0.2) is 36.0 Å². The van der Waals surface area contributed by atoms with E-state index in [4.69, 9.17) is 16.6 Å². The van der Waals surface area contributed by atoms with Gasteiger partial charge in [0, 0.05) is 28.1 Å². The Morgan fingerprint density at radius 1 is 1.17 bits per heavy atom. The zero-order valence-electron chi connectivity index (χ0n) is 19.3. The van der Waals surface area contributed by atoms with E-state index in [-0.39, 0.29) is 11.8 Å². The van der Waals surface area contributed by atoms with Gasteiger partial charge in [0.1, 0.15) is 5.52 Å². The number of thiophene rings is 1. The van der Waals surface area contributed by atoms with E-state index in [1.54, 1.807) is 18.6 Å². The zero-order chi connectivity index (χ0) is 24.5. The molecule has 3 N–H and O–H groups in total. The molecule has 0 aromatic carbocycles. The number of rotatable bonds is 6. The second-order valence-electron chi connectivity index (χ2n) is 8.22. The Hall–Kier alpha value is -3.82. The number of imidazole rings is 1. The molecule has 0 aliphatic heterocycles. The number of amides is 1. The number of allylic oxidation sites excluding steroid dienone is 1. The maximum atomic E-state index is 12.1. The lowest BCUT2D eigenvalue weighted by Crippen LogP contribution is -2.17. The molecule has 10 heteroatoms. The minimum Gasteiger partial charge on any atom is -0.337 e. The highest BCUT2D eigenvalue weighted by Gasteiger charge is 2.17. The topological polar surface area (TPSA) is 112 Å². The highest BCUT2D eigenvalue weighted by molar-refractivity contribution is 7.17. The van der Waals surface area contributed by atoms with Crippen LogP contribution < -0.4 is 5.32 Å². The number of H-pyrrole nitrogens is 2. The normalized spacial score (nSPS) is 12.0. The smallest absolute Gasteiger partial charge is 0.226 e. The van der Waals surface area contributed by atoms with Crippen molar-refractivity contribution in [2.45, 2.75) is 20.8 Å². The number of carbonyl (C=O) groups is 1. The third-order valence-corrected chi connectivity index (χ3v) is 6.72. The maximum absolute atomic E-state index is 12.1. The standard InChI is InChI=1S/C25H22ClN7OS/c1-4-16(20-7-8-21(26)35-20)19-12-28-24(31-19)23-22-18(32-33-23)6-5-17(30-22)14-9-15(11-27-10-14)29-25(34)13(2)3/h4-13H,1-3H3,(H,28,31)(H,29,34)(H,32,33)/b16-4+. The predicted octanol–water partition coefficient (Wildman–Crippen LogP) is 6.17. The molecule has 5 aromatic rings. The Balaban J connectivity index is 1.49. The highest BCUT2D eigenvalue weighted by atomic mass is 35.5. The third-order valence-electron chi connectivity index (χ3n) is 5.45. The van der Waals surface area contributed by atoms with Crippen molar-refractivity contribution < 1.29 is 4.79 Å². The van der Waals surface area contributed by atoms with Crippen molar-refractivity contribution in [3.8, 4) is 22.8 Å². The van der Waals surface area contributed by atoms with Gasteiger partial charge < -0.3 is 10.3 Å². The van der Waals surface area contributed by atoms with Crippen molar-refractivity contribution in [2.24, 2.45) is 5.92 Å². The average molecular weight is 504 g/mol. The van der Waals surface area contributed by atoms with E-state index in [0.29, 0.717) is 28.4 Å². The number of nitrogens with zero attached hydrogens (tertiary/aromatic N) is 4. The van der Waals surface area contributed by atoms with Crippen LogP contribution in [0.2, 0.25) is 4.34 Å². The van der Waals surface area contributed by atoms with Crippen molar-refractivity contribution in [3.63, 3.8) is 0 Å². The fourth-order valence-electron chi connectivity index (χ4n) is 3.63. The van der Waals surface area contributed by atoms with Crippen molar-refractivity contribution in [1.29, 1.82) is 0 Å². The van der Waals surface area contributed by atoms with E-state index < -0.39 is 0 Å². The van der Waals surface area contributed by atoms with Gasteiger partial charge in [0.2, 0.25) is 5.91 Å². The first-order chi connectivity index (χ1) is 16.9. The number of fused-ring (bicyclic) bond motifs is 1. The van der Waals surface area contributed by atoms with Crippen molar-refractivity contribution in [3.05, 3.63) is 69.9 Å². The number of anilines is 1. The Morgan fingerprint density at radius 2 is 2.03 bits per heavy atom. The van der Waals surface area contributed by atoms with Gasteiger partial charge in [0.05, 0.1) is 39.3 Å². The van der Waals surface area contributed by atoms with Gasteiger partial charge in [-0.2, -0.15) is 5.10 Å². The summed E-state index contributed by atoms with van der Waals surface area (Å²) in [6, 6.07) is 9.54. The first kappa shape index (κ1) is 22.9. The number of halogens is 1. The van der Waals surface area contributed by atoms with Crippen molar-refractivity contribution in [1.82, 2.24) is 30.1 Å². The van der Waals surface area contributed by atoms with E-state index in [0.717, 1.165) is 31.6 Å². The largest absolute Gasteiger partial charge is 0.337 e. The monoisotopic (exact) mass is 503 g/mol. The summed E-state index contributed by atoms with van der Waals surface area (Å²) in [6.07, 6.45) is 7.15. The van der Waals surface area contributed by atoms with Gasteiger partial charge in [-0.15, -0.1) is 11.3 Å². The molecule has 8 nitrogen and oxygen atoms in total. The fourth-order valence-corrected chi connectivity index (χ4v) is 4.76. The van der Waals surface area contributed by atoms with Crippen LogP contribution in [0.15, 0.2) is 55.0 Å². The predicted molar refractivity (Wildman–Crippen MR) is 140 cm³/mol. The number of nitrogens with one attached hydrogen (secondary N) is 3. The first-order valence-electron chi connectivity index (χ1n) is 11.0. The van der Waals surface area contributed by atoms with E-state index in [1.165, 1.54) is 11.3 Å². The quantitative estimate of drug-likeness (QED) is 0.256. The highest BCUT2D eigenvalue weighted by Crippen LogP contribution is 2.33. The van der Waals surface area contributed by atoms with Gasteiger partial charge in [-0.25, -0.2) is 9.97 Å². The lowest BCUT2D eigenvalue weighted by Gasteiger charge is -2.08. The lowest BCUT2D eigenvalue weighted by atomic mass is 10.1. The average Bonchev–Trinajstić information content (AvgIpc) is 3.59. The molecule has 5 aromatic heterocycles. The van der Waals surface area contributed by atoms with Crippen LogP contribution in [0.25, 0.3) is 39.4 Å². The Kier molecular flexibility index (Phi) is 6.19. The molecule has 176 valence electrons. The summed E-state index contributed by atoms with van der Waals surface area (Å²) in [5.41, 5.74) is 6.08. The summed E-state index contributed by atoms with van der Waals surface area (Å²) < 4.78 is 0.733. The van der Waals surface area contributed by atoms with Crippen LogP contribution >= 0.6 is 22.9 Å². The fraction of sp³-hybridized carbons (Fsp3) is 0.160. The molecule has 0 aliphatic carbocycles. The van der Waals surface area contributed by atoms with E-state index in [1.807, 2.05) is 57.2 Å². The first-order valence-corrected chi connectivity index (χ1v) is 12.2. The molecule has 0 fully saturated rings. The molecule has 0 spiro atoms. The Morgan fingerprint density at radius 3 is 2.77 bits per heavy atom. The van der Waals surface area contributed by atoms with Crippen LogP contribution in [0.1, 0.15) is 31.3 Å². The summed E-state index contributed by atoms with van der Waals surface area (Å²) in [5.74, 6) is 0.414. The number of pyridine rings is 2. The van der Waals surface area contributed by atoms with Crippen LogP contribution in [0.3, 0.4) is 0 Å². The van der Waals surface area contributed by atoms with E-state index >= 15 is 0 Å². The molecule has 0 saturated carbocycles. The van der Waals surface area contributed by atoms with Gasteiger partial charge in [-0.3, -0.25) is 14.9 Å². The summed E-state index contributed by atoms with van der Waals surface area (Å²) >= 11 is 7.65. The van der Waals surface area contributed by atoms with Crippen LogP contribution in [0.4, 0.5) is 5.69 Å². The number of hydrogen-bond acceptors (Lipinski definition) is 6. The summed E-state index contributed by atoms with van der Waals surface area (Å²) in [6.45, 7) is 5.67. The summed E-state index contributed by atoms with van der Waals surface area (Å²) in [7, 11) is 0. The SMILES string of the molecule is C/C=C(\c1cnc(-c2n[nH]c3ccc(-c4cncc(NC(=O)C(C)C)c4)nc23)[nH]1)c1ccc(Cl)s1. The second kappa shape index (κ2) is 9.44. The van der Waals surface area contributed by atoms with E-state index in [9.17, 15) is 4.79 Å². The van der Waals surface area contributed by atoms with Crippen molar-refractivity contribution >= 4 is 51.1 Å². The lowest BCUT2D eigenvalue weighted by molar-refractivity contribution is -0.118. The second-order valence-corrected chi connectivity index (χ2v) is 9.94. The molecular weight excluding hydrogens is 482 g/mol. The molecule has 35 heavy (non-hydrogen) atoms. The molecule has 1 amide bonds. The van der Waals surface area contributed by atoms with Gasteiger partial charge in [0.15, 0.2) is 11.5 Å². The maximum Gasteiger partial charge on any atom is 0.226 e. The zero-order valence-corrected chi connectivity index (χ0v) is 20.8. The molecule has 0 saturated heterocycles. The van der Waals surface area contributed by atoms with Crippen LogP contribution in [0.5, 0.6) is 0 Å². The van der Waals surface area contributed by atoms with Gasteiger partial charge in [-0.1, -0.05) is 31.5 Å². The van der Waals surface area contributed by atoms with Crippen LogP contribution in [-0.2, 0) is 4.79 Å².